The number of hydrogen-bond acceptors (Lipinski definition) is 5. The minimum atomic E-state index is -1.99. The van der Waals surface area contributed by atoms with Crippen LogP contribution in [0, 0.1) is 13.8 Å². The molecule has 8 heteroatoms. The van der Waals surface area contributed by atoms with Gasteiger partial charge in [0.2, 0.25) is 11.8 Å². The first kappa shape index (κ1) is 22.0. The first-order valence-corrected chi connectivity index (χ1v) is 10.1. The Morgan fingerprint density at radius 2 is 1.93 bits per heavy atom. The molecule has 30 heavy (non-hydrogen) atoms. The second-order valence-electron chi connectivity index (χ2n) is 7.64. The molecule has 3 rings (SSSR count). The van der Waals surface area contributed by atoms with Crippen molar-refractivity contribution in [3.8, 4) is 0 Å². The van der Waals surface area contributed by atoms with Crippen molar-refractivity contribution in [2.75, 3.05) is 11.4 Å². The Morgan fingerprint density at radius 3 is 2.53 bits per heavy atom. The van der Waals surface area contributed by atoms with Crippen LogP contribution in [0.3, 0.4) is 0 Å². The van der Waals surface area contributed by atoms with Gasteiger partial charge in [-0.1, -0.05) is 35.9 Å². The Balaban J connectivity index is 1.61. The third kappa shape index (κ3) is 5.92. The van der Waals surface area contributed by atoms with Crippen molar-refractivity contribution in [1.82, 2.24) is 5.32 Å². The van der Waals surface area contributed by atoms with Crippen LogP contribution in [0.25, 0.3) is 0 Å². The molecule has 2 aromatic rings. The SMILES string of the molecule is Cc1ccc(C[C@H](NC(=O)Cc2ccc(N3CCCC3=O)cc2)OB(O)O)c(C)c1. The summed E-state index contributed by atoms with van der Waals surface area (Å²) in [5.74, 6) is -0.176. The predicted octanol–water partition coefficient (Wildman–Crippen LogP) is 1.64. The zero-order valence-electron chi connectivity index (χ0n) is 17.3. The highest BCUT2D eigenvalue weighted by molar-refractivity contribution is 6.32. The van der Waals surface area contributed by atoms with E-state index >= 15 is 0 Å². The summed E-state index contributed by atoms with van der Waals surface area (Å²) in [6, 6.07) is 13.2. The molecule has 158 valence electrons. The van der Waals surface area contributed by atoms with Gasteiger partial charge in [-0.25, -0.2) is 0 Å². The Kier molecular flexibility index (Phi) is 7.26. The van der Waals surface area contributed by atoms with E-state index in [-0.39, 0.29) is 18.2 Å². The number of carbonyl (C=O) groups excluding carboxylic acids is 2. The summed E-state index contributed by atoms with van der Waals surface area (Å²) in [7, 11) is -1.99. The summed E-state index contributed by atoms with van der Waals surface area (Å²) in [5.41, 5.74) is 4.74. The average molecular weight is 410 g/mol. The third-order valence-electron chi connectivity index (χ3n) is 5.20. The summed E-state index contributed by atoms with van der Waals surface area (Å²) in [6.45, 7) is 4.68. The third-order valence-corrected chi connectivity index (χ3v) is 5.20. The van der Waals surface area contributed by atoms with E-state index in [9.17, 15) is 19.6 Å². The van der Waals surface area contributed by atoms with Crippen molar-refractivity contribution >= 4 is 24.8 Å². The fraction of sp³-hybridized carbons (Fsp3) is 0.364. The molecule has 2 amide bonds. The van der Waals surface area contributed by atoms with Crippen LogP contribution >= 0.6 is 0 Å². The van der Waals surface area contributed by atoms with Crippen LogP contribution in [0.1, 0.15) is 35.1 Å². The molecule has 1 saturated heterocycles. The molecule has 0 aromatic heterocycles. The van der Waals surface area contributed by atoms with Crippen LogP contribution in [0.4, 0.5) is 5.69 Å². The molecule has 1 aliphatic rings. The van der Waals surface area contributed by atoms with Gasteiger partial charge in [-0.2, -0.15) is 0 Å². The number of aryl methyl sites for hydroxylation is 2. The molecule has 2 aromatic carbocycles. The molecular weight excluding hydrogens is 383 g/mol. The van der Waals surface area contributed by atoms with E-state index in [2.05, 4.69) is 5.32 Å². The molecule has 1 fully saturated rings. The number of nitrogens with one attached hydrogen (secondary N) is 1. The number of carbonyl (C=O) groups is 2. The van der Waals surface area contributed by atoms with Crippen LogP contribution in [0.5, 0.6) is 0 Å². The van der Waals surface area contributed by atoms with Crippen molar-refractivity contribution in [3.05, 3.63) is 64.7 Å². The molecule has 1 aliphatic heterocycles. The number of rotatable bonds is 8. The van der Waals surface area contributed by atoms with E-state index in [1.807, 2.05) is 56.3 Å². The van der Waals surface area contributed by atoms with E-state index < -0.39 is 13.5 Å². The van der Waals surface area contributed by atoms with Gasteiger partial charge in [-0.3, -0.25) is 9.59 Å². The standard InChI is InChI=1S/C22H27BN2O5/c1-15-5-8-18(16(2)12-15)14-21(30-23(28)29)24-20(26)13-17-6-9-19(10-7-17)25-11-3-4-22(25)27/h5-10,12,21,28-29H,3-4,11,13-14H2,1-2H3,(H,24,26)/t21-/m1/s1. The van der Waals surface area contributed by atoms with E-state index in [0.717, 1.165) is 40.9 Å². The van der Waals surface area contributed by atoms with Gasteiger partial charge in [0.25, 0.3) is 0 Å². The number of amides is 2. The Morgan fingerprint density at radius 1 is 1.20 bits per heavy atom. The van der Waals surface area contributed by atoms with Crippen LogP contribution < -0.4 is 10.2 Å². The van der Waals surface area contributed by atoms with Gasteiger partial charge < -0.3 is 24.9 Å². The average Bonchev–Trinajstić information content (AvgIpc) is 3.10. The highest BCUT2D eigenvalue weighted by Gasteiger charge is 2.23. The van der Waals surface area contributed by atoms with E-state index in [0.29, 0.717) is 12.8 Å². The first-order valence-electron chi connectivity index (χ1n) is 10.1. The quantitative estimate of drug-likeness (QED) is 0.454. The number of benzene rings is 2. The second-order valence-corrected chi connectivity index (χ2v) is 7.64. The van der Waals surface area contributed by atoms with Crippen LogP contribution in [-0.4, -0.2) is 42.0 Å². The lowest BCUT2D eigenvalue weighted by atomic mass is 10.0. The number of anilines is 1. The minimum absolute atomic E-state index is 0.114. The molecule has 3 N–H and O–H groups in total. The summed E-state index contributed by atoms with van der Waals surface area (Å²) in [6.07, 6.45) is 0.985. The minimum Gasteiger partial charge on any atom is -0.402 e. The molecule has 0 unspecified atom stereocenters. The zero-order chi connectivity index (χ0) is 21.7. The van der Waals surface area contributed by atoms with Gasteiger partial charge in [-0.15, -0.1) is 0 Å². The van der Waals surface area contributed by atoms with Crippen molar-refractivity contribution in [1.29, 1.82) is 0 Å². The lowest BCUT2D eigenvalue weighted by Crippen LogP contribution is -2.43. The van der Waals surface area contributed by atoms with E-state index in [1.165, 1.54) is 0 Å². The molecule has 1 heterocycles. The van der Waals surface area contributed by atoms with E-state index in [1.54, 1.807) is 4.90 Å². The summed E-state index contributed by atoms with van der Waals surface area (Å²) < 4.78 is 5.08. The molecular formula is C22H27BN2O5. The van der Waals surface area contributed by atoms with Gasteiger partial charge in [-0.05, 0) is 49.1 Å². The lowest BCUT2D eigenvalue weighted by Gasteiger charge is -2.21. The highest BCUT2D eigenvalue weighted by atomic mass is 16.6. The maximum absolute atomic E-state index is 12.5. The van der Waals surface area contributed by atoms with Crippen LogP contribution in [0.15, 0.2) is 42.5 Å². The van der Waals surface area contributed by atoms with Gasteiger partial charge in [0.15, 0.2) is 0 Å². The van der Waals surface area contributed by atoms with Gasteiger partial charge >= 0.3 is 7.32 Å². The molecule has 0 aliphatic carbocycles. The topological polar surface area (TPSA) is 99.1 Å². The molecule has 0 spiro atoms. The Bertz CT molecular complexity index is 901. The fourth-order valence-corrected chi connectivity index (χ4v) is 3.69. The largest absolute Gasteiger partial charge is 0.635 e. The zero-order valence-corrected chi connectivity index (χ0v) is 17.3. The van der Waals surface area contributed by atoms with Gasteiger partial charge in [0.1, 0.15) is 6.23 Å². The normalized spacial score (nSPS) is 14.7. The lowest BCUT2D eigenvalue weighted by molar-refractivity contribution is -0.123. The monoisotopic (exact) mass is 410 g/mol. The van der Waals surface area contributed by atoms with E-state index in [4.69, 9.17) is 4.65 Å². The smallest absolute Gasteiger partial charge is 0.402 e. The summed E-state index contributed by atoms with van der Waals surface area (Å²) in [5, 5.41) is 21.2. The van der Waals surface area contributed by atoms with Gasteiger partial charge in [0.05, 0.1) is 6.42 Å². The van der Waals surface area contributed by atoms with Crippen molar-refractivity contribution in [3.63, 3.8) is 0 Å². The predicted molar refractivity (Wildman–Crippen MR) is 115 cm³/mol. The number of hydrogen-bond donors (Lipinski definition) is 3. The van der Waals surface area contributed by atoms with Crippen LogP contribution in [-0.2, 0) is 27.1 Å². The van der Waals surface area contributed by atoms with Crippen molar-refractivity contribution in [2.45, 2.75) is 45.8 Å². The maximum atomic E-state index is 12.5. The Hall–Kier alpha value is -2.68. The first-order chi connectivity index (χ1) is 14.3. The number of nitrogens with zero attached hydrogens (tertiary/aromatic N) is 1. The molecule has 1 atom stereocenters. The molecule has 7 nitrogen and oxygen atoms in total. The molecule has 0 saturated carbocycles. The molecule has 0 radical (unpaired) electrons. The van der Waals surface area contributed by atoms with Gasteiger partial charge in [0, 0.05) is 25.1 Å². The summed E-state index contributed by atoms with van der Waals surface area (Å²) in [4.78, 5) is 26.1. The van der Waals surface area contributed by atoms with Crippen LogP contribution in [0.2, 0.25) is 0 Å². The molecule has 0 bridgehead atoms. The summed E-state index contributed by atoms with van der Waals surface area (Å²) >= 11 is 0. The fourth-order valence-electron chi connectivity index (χ4n) is 3.69. The second kappa shape index (κ2) is 9.89. The Labute approximate surface area is 176 Å². The van der Waals surface area contributed by atoms with Crippen molar-refractivity contribution < 1.29 is 24.3 Å². The maximum Gasteiger partial charge on any atom is 0.635 e. The highest BCUT2D eigenvalue weighted by Crippen LogP contribution is 2.21. The van der Waals surface area contributed by atoms with Crippen molar-refractivity contribution in [2.24, 2.45) is 0 Å².